The maximum absolute atomic E-state index is 11.5. The van der Waals surface area contributed by atoms with Crippen molar-refractivity contribution in [3.63, 3.8) is 0 Å². The number of hydrogen-bond donors (Lipinski definition) is 3. The molecule has 0 atom stereocenters. The van der Waals surface area contributed by atoms with E-state index in [-0.39, 0.29) is 13.2 Å². The van der Waals surface area contributed by atoms with Gasteiger partial charge in [-0.3, -0.25) is 4.79 Å². The van der Waals surface area contributed by atoms with Crippen molar-refractivity contribution >= 4 is 5.91 Å². The molecule has 0 aromatic heterocycles. The number of aliphatic hydroxyl groups excluding tert-OH is 2. The van der Waals surface area contributed by atoms with E-state index >= 15 is 0 Å². The number of nitrogens with one attached hydrogen (secondary N) is 1. The van der Waals surface area contributed by atoms with E-state index in [2.05, 4.69) is 5.32 Å². The molecule has 0 aromatic rings. The van der Waals surface area contributed by atoms with E-state index in [1.807, 2.05) is 6.07 Å². The fraction of sp³-hybridized carbons (Fsp3) is 0.778. The number of rotatable bonds is 4. The van der Waals surface area contributed by atoms with E-state index < -0.39 is 16.9 Å². The molecule has 0 saturated heterocycles. The van der Waals surface area contributed by atoms with Gasteiger partial charge in [-0.1, -0.05) is 0 Å². The molecule has 0 aliphatic heterocycles. The van der Waals surface area contributed by atoms with Gasteiger partial charge in [-0.15, -0.1) is 0 Å². The average Bonchev–Trinajstić information content (AvgIpc) is 2.98. The van der Waals surface area contributed by atoms with Crippen LogP contribution in [0.5, 0.6) is 0 Å². The average molecular weight is 198 g/mol. The normalized spacial score (nSPS) is 18.4. The van der Waals surface area contributed by atoms with Gasteiger partial charge in [0.2, 0.25) is 5.91 Å². The van der Waals surface area contributed by atoms with Crippen molar-refractivity contribution in [2.45, 2.75) is 25.3 Å². The lowest BCUT2D eigenvalue weighted by atomic mass is 10.0. The quantitative estimate of drug-likeness (QED) is 0.548. The summed E-state index contributed by atoms with van der Waals surface area (Å²) in [7, 11) is 0. The Balaban J connectivity index is 2.61. The lowest BCUT2D eigenvalue weighted by Gasteiger charge is -2.27. The summed E-state index contributed by atoms with van der Waals surface area (Å²) in [6, 6.07) is 1.95. The van der Waals surface area contributed by atoms with Crippen LogP contribution in [-0.2, 0) is 4.79 Å². The smallest absolute Gasteiger partial charge is 0.241 e. The van der Waals surface area contributed by atoms with Crippen molar-refractivity contribution < 1.29 is 15.0 Å². The molecule has 78 valence electrons. The molecular weight excluding hydrogens is 184 g/mol. The van der Waals surface area contributed by atoms with E-state index in [0.29, 0.717) is 12.8 Å². The SMILES string of the molecule is CC(CO)(CO)NC(=O)C1(C#N)CC1. The Morgan fingerprint density at radius 2 is 2.07 bits per heavy atom. The van der Waals surface area contributed by atoms with Crippen molar-refractivity contribution in [1.82, 2.24) is 5.32 Å². The zero-order valence-electron chi connectivity index (χ0n) is 8.08. The molecule has 0 aromatic carbocycles. The van der Waals surface area contributed by atoms with Gasteiger partial charge in [0, 0.05) is 0 Å². The maximum Gasteiger partial charge on any atom is 0.241 e. The maximum atomic E-state index is 11.5. The standard InChI is InChI=1S/C9H14N2O3/c1-8(5-12,6-13)11-7(14)9(4-10)2-3-9/h12-13H,2-3,5-6H2,1H3,(H,11,14). The molecule has 1 fully saturated rings. The number of amides is 1. The second-order valence-corrected chi connectivity index (χ2v) is 4.02. The highest BCUT2D eigenvalue weighted by Gasteiger charge is 2.51. The van der Waals surface area contributed by atoms with Crippen LogP contribution in [0.1, 0.15) is 19.8 Å². The molecule has 0 bridgehead atoms. The Bertz CT molecular complexity index is 274. The van der Waals surface area contributed by atoms with Crippen LogP contribution in [0.3, 0.4) is 0 Å². The summed E-state index contributed by atoms with van der Waals surface area (Å²) in [5, 5.41) is 29.1. The van der Waals surface area contributed by atoms with Crippen molar-refractivity contribution in [2.24, 2.45) is 5.41 Å². The number of nitrogens with zero attached hydrogens (tertiary/aromatic N) is 1. The Morgan fingerprint density at radius 3 is 2.36 bits per heavy atom. The van der Waals surface area contributed by atoms with Crippen molar-refractivity contribution in [1.29, 1.82) is 5.26 Å². The topological polar surface area (TPSA) is 93.3 Å². The summed E-state index contributed by atoms with van der Waals surface area (Å²) in [4.78, 5) is 11.5. The number of aliphatic hydroxyl groups is 2. The highest BCUT2D eigenvalue weighted by Crippen LogP contribution is 2.45. The van der Waals surface area contributed by atoms with Crippen LogP contribution >= 0.6 is 0 Å². The van der Waals surface area contributed by atoms with E-state index in [4.69, 9.17) is 15.5 Å². The Kier molecular flexibility index (Phi) is 2.79. The fourth-order valence-electron chi connectivity index (χ4n) is 1.04. The summed E-state index contributed by atoms with van der Waals surface area (Å²) in [6.07, 6.45) is 1.12. The molecule has 14 heavy (non-hydrogen) atoms. The van der Waals surface area contributed by atoms with Gasteiger partial charge in [-0.05, 0) is 19.8 Å². The highest BCUT2D eigenvalue weighted by molar-refractivity contribution is 5.88. The largest absolute Gasteiger partial charge is 0.394 e. The highest BCUT2D eigenvalue weighted by atomic mass is 16.3. The van der Waals surface area contributed by atoms with Gasteiger partial charge >= 0.3 is 0 Å². The molecular formula is C9H14N2O3. The molecule has 1 aliphatic rings. The third-order valence-corrected chi connectivity index (χ3v) is 2.51. The summed E-state index contributed by atoms with van der Waals surface area (Å²) in [5.74, 6) is -0.398. The number of nitriles is 1. The number of carbonyl (C=O) groups excluding carboxylic acids is 1. The summed E-state index contributed by atoms with van der Waals surface area (Å²) >= 11 is 0. The first-order chi connectivity index (χ1) is 6.52. The molecule has 5 nitrogen and oxygen atoms in total. The Labute approximate surface area is 82.3 Å². The predicted octanol–water partition coefficient (Wildman–Crippen LogP) is -0.850. The van der Waals surface area contributed by atoms with Gasteiger partial charge in [-0.25, -0.2) is 0 Å². The van der Waals surface area contributed by atoms with Crippen LogP contribution in [0.4, 0.5) is 0 Å². The van der Waals surface area contributed by atoms with Crippen LogP contribution in [0.2, 0.25) is 0 Å². The molecule has 0 spiro atoms. The number of hydrogen-bond acceptors (Lipinski definition) is 4. The second-order valence-electron chi connectivity index (χ2n) is 4.02. The predicted molar refractivity (Wildman–Crippen MR) is 48.0 cm³/mol. The van der Waals surface area contributed by atoms with Gasteiger partial charge in [0.25, 0.3) is 0 Å². The third kappa shape index (κ3) is 1.86. The molecule has 1 amide bonds. The minimum absolute atomic E-state index is 0.350. The molecule has 0 unspecified atom stereocenters. The molecule has 1 aliphatic carbocycles. The molecule has 0 heterocycles. The molecule has 0 radical (unpaired) electrons. The van der Waals surface area contributed by atoms with E-state index in [0.717, 1.165) is 0 Å². The lowest BCUT2D eigenvalue weighted by molar-refractivity contribution is -0.127. The monoisotopic (exact) mass is 198 g/mol. The van der Waals surface area contributed by atoms with Gasteiger partial charge in [0.05, 0.1) is 24.8 Å². The minimum atomic E-state index is -1.04. The van der Waals surface area contributed by atoms with Crippen LogP contribution in [-0.4, -0.2) is 34.9 Å². The van der Waals surface area contributed by atoms with Crippen LogP contribution in [0.25, 0.3) is 0 Å². The van der Waals surface area contributed by atoms with E-state index in [1.165, 1.54) is 6.92 Å². The molecule has 1 saturated carbocycles. The Morgan fingerprint density at radius 1 is 1.57 bits per heavy atom. The first-order valence-corrected chi connectivity index (χ1v) is 4.47. The lowest BCUT2D eigenvalue weighted by Crippen LogP contribution is -2.53. The van der Waals surface area contributed by atoms with Crippen molar-refractivity contribution in [2.75, 3.05) is 13.2 Å². The number of carbonyl (C=O) groups is 1. The molecule has 5 heteroatoms. The van der Waals surface area contributed by atoms with Crippen molar-refractivity contribution in [3.8, 4) is 6.07 Å². The van der Waals surface area contributed by atoms with Crippen molar-refractivity contribution in [3.05, 3.63) is 0 Å². The second kappa shape index (κ2) is 3.56. The minimum Gasteiger partial charge on any atom is -0.394 e. The third-order valence-electron chi connectivity index (χ3n) is 2.51. The summed E-state index contributed by atoms with van der Waals surface area (Å²) in [5.41, 5.74) is -1.95. The van der Waals surface area contributed by atoms with Gasteiger partial charge < -0.3 is 15.5 Å². The molecule has 1 rings (SSSR count). The first kappa shape index (κ1) is 11.0. The van der Waals surface area contributed by atoms with E-state index in [9.17, 15) is 4.79 Å². The summed E-state index contributed by atoms with van der Waals surface area (Å²) < 4.78 is 0. The molecule has 3 N–H and O–H groups in total. The Hall–Kier alpha value is -1.12. The van der Waals surface area contributed by atoms with Gasteiger partial charge in [-0.2, -0.15) is 5.26 Å². The van der Waals surface area contributed by atoms with Gasteiger partial charge in [0.1, 0.15) is 5.41 Å². The van der Waals surface area contributed by atoms with Crippen LogP contribution in [0.15, 0.2) is 0 Å². The van der Waals surface area contributed by atoms with Gasteiger partial charge in [0.15, 0.2) is 0 Å². The fourth-order valence-corrected chi connectivity index (χ4v) is 1.04. The first-order valence-electron chi connectivity index (χ1n) is 4.47. The summed E-state index contributed by atoms with van der Waals surface area (Å²) in [6.45, 7) is 0.825. The zero-order chi connectivity index (χ0) is 10.8. The van der Waals surface area contributed by atoms with E-state index in [1.54, 1.807) is 0 Å². The van der Waals surface area contributed by atoms with Crippen LogP contribution < -0.4 is 5.32 Å². The zero-order valence-corrected chi connectivity index (χ0v) is 8.08. The van der Waals surface area contributed by atoms with Crippen LogP contribution in [0, 0.1) is 16.7 Å².